The largest absolute Gasteiger partial charge is 0.336 e. The normalized spacial score (nSPS) is 17.2. The Kier molecular flexibility index (Phi) is 3.73. The van der Waals surface area contributed by atoms with Crippen molar-refractivity contribution in [3.8, 4) is 0 Å². The van der Waals surface area contributed by atoms with Crippen LogP contribution in [0.4, 0.5) is 4.39 Å². The van der Waals surface area contributed by atoms with E-state index in [0.29, 0.717) is 17.6 Å². The molecule has 0 bridgehead atoms. The van der Waals surface area contributed by atoms with E-state index in [1.807, 2.05) is 7.05 Å². The first kappa shape index (κ1) is 12.4. The lowest BCUT2D eigenvalue weighted by Gasteiger charge is -2.32. The van der Waals surface area contributed by atoms with Gasteiger partial charge in [-0.2, -0.15) is 4.39 Å². The molecule has 1 aliphatic rings. The molecule has 1 aromatic rings. The molecule has 1 aromatic heterocycles. The van der Waals surface area contributed by atoms with Crippen LogP contribution in [0.15, 0.2) is 16.7 Å². The molecule has 0 unspecified atom stereocenters. The Morgan fingerprint density at radius 1 is 1.41 bits per heavy atom. The Bertz CT molecular complexity index is 433. The van der Waals surface area contributed by atoms with Gasteiger partial charge in [0.05, 0.1) is 5.56 Å². The number of likely N-dealkylation sites (N-methyl/N-ethyl adjacent to an activating group) is 1. The zero-order valence-electron chi connectivity index (χ0n) is 9.49. The van der Waals surface area contributed by atoms with Gasteiger partial charge in [-0.3, -0.25) is 4.79 Å². The summed E-state index contributed by atoms with van der Waals surface area (Å²) in [6, 6.07) is 1.48. The minimum Gasteiger partial charge on any atom is -0.336 e. The summed E-state index contributed by atoms with van der Waals surface area (Å²) in [5.74, 6) is -0.999. The van der Waals surface area contributed by atoms with Gasteiger partial charge in [0.15, 0.2) is 0 Å². The van der Waals surface area contributed by atoms with Gasteiger partial charge in [0.1, 0.15) is 0 Å². The molecule has 1 amide bonds. The lowest BCUT2D eigenvalue weighted by molar-refractivity contribution is 0.0658. The van der Waals surface area contributed by atoms with Gasteiger partial charge in [0.25, 0.3) is 5.91 Å². The van der Waals surface area contributed by atoms with Crippen LogP contribution in [-0.2, 0) is 0 Å². The summed E-state index contributed by atoms with van der Waals surface area (Å²) < 4.78 is 14.1. The number of carbonyl (C=O) groups excluding carboxylic acids is 1. The molecular formula is C11H13BrFN3O. The first-order valence-corrected chi connectivity index (χ1v) is 6.16. The van der Waals surface area contributed by atoms with Gasteiger partial charge in [-0.05, 0) is 29.0 Å². The summed E-state index contributed by atoms with van der Waals surface area (Å²) in [5.41, 5.74) is 0.0314. The zero-order valence-corrected chi connectivity index (χ0v) is 11.1. The van der Waals surface area contributed by atoms with Gasteiger partial charge in [-0.25, -0.2) is 4.98 Å². The number of aromatic nitrogens is 1. The molecule has 0 spiro atoms. The monoisotopic (exact) mass is 301 g/mol. The highest BCUT2D eigenvalue weighted by Gasteiger charge is 2.23. The second-order valence-electron chi connectivity index (χ2n) is 4.09. The average Bonchev–Trinajstić information content (AvgIpc) is 2.32. The van der Waals surface area contributed by atoms with Crippen LogP contribution >= 0.6 is 15.9 Å². The maximum Gasteiger partial charge on any atom is 0.258 e. The topological polar surface area (TPSA) is 36.4 Å². The predicted molar refractivity (Wildman–Crippen MR) is 65.3 cm³/mol. The molecule has 0 aliphatic carbocycles. The summed E-state index contributed by atoms with van der Waals surface area (Å²) in [4.78, 5) is 19.4. The molecular weight excluding hydrogens is 289 g/mol. The second kappa shape index (κ2) is 5.10. The van der Waals surface area contributed by atoms with Crippen molar-refractivity contribution in [3.05, 3.63) is 28.2 Å². The van der Waals surface area contributed by atoms with Crippen molar-refractivity contribution in [1.82, 2.24) is 14.8 Å². The molecule has 92 valence electrons. The number of pyridine rings is 1. The van der Waals surface area contributed by atoms with Crippen LogP contribution in [0.3, 0.4) is 0 Å². The number of amides is 1. The van der Waals surface area contributed by atoms with E-state index in [4.69, 9.17) is 0 Å². The summed E-state index contributed by atoms with van der Waals surface area (Å²) in [5, 5.41) is 0. The Balaban J connectivity index is 2.16. The van der Waals surface area contributed by atoms with Crippen LogP contribution < -0.4 is 0 Å². The predicted octanol–water partition coefficient (Wildman–Crippen LogP) is 1.37. The fraction of sp³-hybridized carbons (Fsp3) is 0.455. The highest BCUT2D eigenvalue weighted by atomic mass is 79.9. The van der Waals surface area contributed by atoms with Gasteiger partial charge in [-0.15, -0.1) is 0 Å². The standard InChI is InChI=1S/C11H13BrFN3O/c1-15-2-4-16(5-3-15)11(17)9-6-8(12)7-14-10(9)13/h6-7H,2-5H2,1H3. The van der Waals surface area contributed by atoms with E-state index >= 15 is 0 Å². The van der Waals surface area contributed by atoms with Crippen molar-refractivity contribution in [2.45, 2.75) is 0 Å². The number of carbonyl (C=O) groups is 1. The maximum absolute atomic E-state index is 13.5. The van der Waals surface area contributed by atoms with Crippen LogP contribution in [-0.4, -0.2) is 53.9 Å². The molecule has 1 fully saturated rings. The quantitative estimate of drug-likeness (QED) is 0.735. The van der Waals surface area contributed by atoms with Crippen LogP contribution in [0.2, 0.25) is 0 Å². The third-order valence-corrected chi connectivity index (χ3v) is 3.26. The Morgan fingerprint density at radius 2 is 2.06 bits per heavy atom. The molecule has 0 atom stereocenters. The smallest absolute Gasteiger partial charge is 0.258 e. The van der Waals surface area contributed by atoms with E-state index in [2.05, 4.69) is 25.8 Å². The van der Waals surface area contributed by atoms with Gasteiger partial charge in [0, 0.05) is 36.8 Å². The fourth-order valence-corrected chi connectivity index (χ4v) is 2.08. The fourth-order valence-electron chi connectivity index (χ4n) is 1.75. The summed E-state index contributed by atoms with van der Waals surface area (Å²) in [6.45, 7) is 2.88. The molecule has 0 aromatic carbocycles. The third-order valence-electron chi connectivity index (χ3n) is 2.83. The van der Waals surface area contributed by atoms with Gasteiger partial charge in [0.2, 0.25) is 5.95 Å². The number of hydrogen-bond acceptors (Lipinski definition) is 3. The first-order chi connectivity index (χ1) is 8.08. The molecule has 1 aliphatic heterocycles. The number of hydrogen-bond donors (Lipinski definition) is 0. The average molecular weight is 302 g/mol. The Hall–Kier alpha value is -1.01. The summed E-state index contributed by atoms with van der Waals surface area (Å²) >= 11 is 3.19. The van der Waals surface area contributed by atoms with Crippen LogP contribution in [0.5, 0.6) is 0 Å². The van der Waals surface area contributed by atoms with E-state index in [0.717, 1.165) is 13.1 Å². The van der Waals surface area contributed by atoms with E-state index < -0.39 is 5.95 Å². The molecule has 6 heteroatoms. The van der Waals surface area contributed by atoms with Crippen molar-refractivity contribution >= 4 is 21.8 Å². The molecule has 17 heavy (non-hydrogen) atoms. The van der Waals surface area contributed by atoms with Crippen LogP contribution in [0.1, 0.15) is 10.4 Å². The van der Waals surface area contributed by atoms with Crippen molar-refractivity contribution in [2.24, 2.45) is 0 Å². The van der Waals surface area contributed by atoms with Crippen LogP contribution in [0, 0.1) is 5.95 Å². The zero-order chi connectivity index (χ0) is 12.4. The minimum atomic E-state index is -0.711. The molecule has 0 N–H and O–H groups in total. The summed E-state index contributed by atoms with van der Waals surface area (Å²) in [6.07, 6.45) is 1.34. The maximum atomic E-state index is 13.5. The SMILES string of the molecule is CN1CCN(C(=O)c2cc(Br)cnc2F)CC1. The second-order valence-corrected chi connectivity index (χ2v) is 5.00. The van der Waals surface area contributed by atoms with Crippen molar-refractivity contribution < 1.29 is 9.18 Å². The highest BCUT2D eigenvalue weighted by molar-refractivity contribution is 9.10. The van der Waals surface area contributed by atoms with E-state index in [1.54, 1.807) is 4.90 Å². The minimum absolute atomic E-state index is 0.0314. The van der Waals surface area contributed by atoms with E-state index in [1.165, 1.54) is 12.3 Å². The highest BCUT2D eigenvalue weighted by Crippen LogP contribution is 2.15. The number of rotatable bonds is 1. The Morgan fingerprint density at radius 3 is 2.71 bits per heavy atom. The molecule has 1 saturated heterocycles. The van der Waals surface area contributed by atoms with E-state index in [-0.39, 0.29) is 11.5 Å². The van der Waals surface area contributed by atoms with Gasteiger partial charge in [-0.1, -0.05) is 0 Å². The van der Waals surface area contributed by atoms with Gasteiger partial charge < -0.3 is 9.80 Å². The van der Waals surface area contributed by atoms with E-state index in [9.17, 15) is 9.18 Å². The Labute approximate surface area is 108 Å². The molecule has 2 heterocycles. The van der Waals surface area contributed by atoms with Crippen molar-refractivity contribution in [3.63, 3.8) is 0 Å². The molecule has 0 saturated carbocycles. The van der Waals surface area contributed by atoms with Crippen molar-refractivity contribution in [2.75, 3.05) is 33.2 Å². The molecule has 0 radical (unpaired) electrons. The van der Waals surface area contributed by atoms with Crippen molar-refractivity contribution in [1.29, 1.82) is 0 Å². The number of piperazine rings is 1. The molecule has 4 nitrogen and oxygen atoms in total. The number of nitrogens with zero attached hydrogens (tertiary/aromatic N) is 3. The lowest BCUT2D eigenvalue weighted by Crippen LogP contribution is -2.47. The number of halogens is 2. The summed E-state index contributed by atoms with van der Waals surface area (Å²) in [7, 11) is 2.00. The lowest BCUT2D eigenvalue weighted by atomic mass is 10.2. The third kappa shape index (κ3) is 2.81. The molecule has 2 rings (SSSR count). The van der Waals surface area contributed by atoms with Crippen LogP contribution in [0.25, 0.3) is 0 Å². The first-order valence-electron chi connectivity index (χ1n) is 5.37. The van der Waals surface area contributed by atoms with Gasteiger partial charge >= 0.3 is 0 Å².